The van der Waals surface area contributed by atoms with E-state index in [0.29, 0.717) is 0 Å². The molecule has 0 heterocycles. The van der Waals surface area contributed by atoms with Crippen LogP contribution in [0.15, 0.2) is 48.5 Å². The van der Waals surface area contributed by atoms with Gasteiger partial charge in [-0.05, 0) is 30.5 Å². The minimum atomic E-state index is -0.170. The second-order valence-corrected chi connectivity index (χ2v) is 4.33. The van der Waals surface area contributed by atoms with E-state index in [1.807, 2.05) is 30.3 Å². The molecule has 1 unspecified atom stereocenters. The molecule has 88 valence electrons. The monoisotopic (exact) mass is 227 g/mol. The van der Waals surface area contributed by atoms with Gasteiger partial charge in [0.1, 0.15) is 0 Å². The second kappa shape index (κ2) is 5.13. The lowest BCUT2D eigenvalue weighted by molar-refractivity contribution is 0.141. The Labute approximate surface area is 102 Å². The Morgan fingerprint density at radius 1 is 1.00 bits per heavy atom. The number of aryl methyl sites for hydroxylation is 2. The number of hydrogen-bond donors (Lipinski definition) is 2. The number of benzene rings is 2. The van der Waals surface area contributed by atoms with Gasteiger partial charge in [-0.15, -0.1) is 0 Å². The molecule has 2 aromatic rings. The van der Waals surface area contributed by atoms with E-state index in [0.717, 1.165) is 11.1 Å². The summed E-state index contributed by atoms with van der Waals surface area (Å²) in [6.07, 6.45) is 0. The quantitative estimate of drug-likeness (QED) is 0.788. The summed E-state index contributed by atoms with van der Waals surface area (Å²) in [7, 11) is 0. The van der Waals surface area contributed by atoms with E-state index in [1.54, 1.807) is 0 Å². The topological polar surface area (TPSA) is 32.3 Å². The number of hydroxylamine groups is 1. The van der Waals surface area contributed by atoms with Crippen LogP contribution < -0.4 is 5.48 Å². The highest BCUT2D eigenvalue weighted by Gasteiger charge is 2.14. The number of rotatable bonds is 3. The molecule has 0 saturated heterocycles. The summed E-state index contributed by atoms with van der Waals surface area (Å²) in [6, 6.07) is 16.0. The third-order valence-corrected chi connectivity index (χ3v) is 3.00. The molecule has 0 aliphatic carbocycles. The van der Waals surface area contributed by atoms with E-state index >= 15 is 0 Å². The lowest BCUT2D eigenvalue weighted by atomic mass is 9.94. The zero-order chi connectivity index (χ0) is 12.3. The van der Waals surface area contributed by atoms with E-state index < -0.39 is 0 Å². The van der Waals surface area contributed by atoms with E-state index in [1.165, 1.54) is 11.1 Å². The molecule has 1 atom stereocenters. The highest BCUT2D eigenvalue weighted by Crippen LogP contribution is 2.24. The summed E-state index contributed by atoms with van der Waals surface area (Å²) in [4.78, 5) is 0. The van der Waals surface area contributed by atoms with E-state index in [2.05, 4.69) is 37.5 Å². The fourth-order valence-electron chi connectivity index (χ4n) is 2.12. The lowest BCUT2D eigenvalue weighted by Gasteiger charge is -2.18. The predicted molar refractivity (Wildman–Crippen MR) is 69.1 cm³/mol. The average molecular weight is 227 g/mol. The molecule has 2 aromatic carbocycles. The van der Waals surface area contributed by atoms with Gasteiger partial charge in [0.05, 0.1) is 6.04 Å². The van der Waals surface area contributed by atoms with E-state index in [4.69, 9.17) is 0 Å². The van der Waals surface area contributed by atoms with Crippen molar-refractivity contribution in [1.29, 1.82) is 0 Å². The number of nitrogens with one attached hydrogen (secondary N) is 1. The maximum absolute atomic E-state index is 9.38. The molecule has 0 aliphatic heterocycles. The van der Waals surface area contributed by atoms with Crippen LogP contribution in [0.25, 0.3) is 0 Å². The van der Waals surface area contributed by atoms with Gasteiger partial charge in [0.25, 0.3) is 0 Å². The zero-order valence-corrected chi connectivity index (χ0v) is 10.1. The lowest BCUT2D eigenvalue weighted by Crippen LogP contribution is -2.19. The van der Waals surface area contributed by atoms with Crippen molar-refractivity contribution in [2.24, 2.45) is 0 Å². The van der Waals surface area contributed by atoms with Crippen LogP contribution in [-0.2, 0) is 0 Å². The molecule has 2 heteroatoms. The molecule has 0 saturated carbocycles. The van der Waals surface area contributed by atoms with Gasteiger partial charge in [-0.2, -0.15) is 5.48 Å². The third-order valence-electron chi connectivity index (χ3n) is 3.00. The van der Waals surface area contributed by atoms with Crippen molar-refractivity contribution in [1.82, 2.24) is 5.48 Å². The van der Waals surface area contributed by atoms with Crippen molar-refractivity contribution in [2.75, 3.05) is 0 Å². The van der Waals surface area contributed by atoms with Gasteiger partial charge >= 0.3 is 0 Å². The maximum Gasteiger partial charge on any atom is 0.0821 e. The summed E-state index contributed by atoms with van der Waals surface area (Å²) < 4.78 is 0. The summed E-state index contributed by atoms with van der Waals surface area (Å²) in [5, 5.41) is 9.38. The normalized spacial score (nSPS) is 12.4. The Kier molecular flexibility index (Phi) is 3.57. The first-order valence-electron chi connectivity index (χ1n) is 5.74. The van der Waals surface area contributed by atoms with Crippen LogP contribution in [0.2, 0.25) is 0 Å². The van der Waals surface area contributed by atoms with E-state index in [9.17, 15) is 5.21 Å². The van der Waals surface area contributed by atoms with Crippen molar-refractivity contribution in [3.8, 4) is 0 Å². The van der Waals surface area contributed by atoms with Crippen molar-refractivity contribution >= 4 is 0 Å². The smallest absolute Gasteiger partial charge is 0.0821 e. The van der Waals surface area contributed by atoms with Gasteiger partial charge in [0.15, 0.2) is 0 Å². The van der Waals surface area contributed by atoms with Crippen molar-refractivity contribution in [3.05, 3.63) is 70.8 Å². The van der Waals surface area contributed by atoms with Gasteiger partial charge in [-0.25, -0.2) is 0 Å². The minimum Gasteiger partial charge on any atom is -0.316 e. The molecule has 2 rings (SSSR count). The molecule has 0 radical (unpaired) electrons. The van der Waals surface area contributed by atoms with Gasteiger partial charge < -0.3 is 5.21 Å². The molecule has 0 spiro atoms. The highest BCUT2D eigenvalue weighted by atomic mass is 16.5. The Hall–Kier alpha value is -1.64. The van der Waals surface area contributed by atoms with Crippen molar-refractivity contribution in [2.45, 2.75) is 19.9 Å². The van der Waals surface area contributed by atoms with Gasteiger partial charge in [0.2, 0.25) is 0 Å². The van der Waals surface area contributed by atoms with E-state index in [-0.39, 0.29) is 6.04 Å². The SMILES string of the molecule is Cc1ccc(C(NO)c2ccccc2)c(C)c1. The molecule has 0 bridgehead atoms. The van der Waals surface area contributed by atoms with Crippen LogP contribution in [0, 0.1) is 13.8 Å². The van der Waals surface area contributed by atoms with Crippen LogP contribution in [0.5, 0.6) is 0 Å². The molecule has 0 aromatic heterocycles. The molecular formula is C15H17NO. The van der Waals surface area contributed by atoms with Crippen molar-refractivity contribution < 1.29 is 5.21 Å². The van der Waals surface area contributed by atoms with Crippen LogP contribution in [0.4, 0.5) is 0 Å². The molecule has 0 fully saturated rings. The Morgan fingerprint density at radius 3 is 2.29 bits per heavy atom. The zero-order valence-electron chi connectivity index (χ0n) is 10.1. The summed E-state index contributed by atoms with van der Waals surface area (Å²) in [5.74, 6) is 0. The Morgan fingerprint density at radius 2 is 1.71 bits per heavy atom. The van der Waals surface area contributed by atoms with Gasteiger partial charge in [-0.3, -0.25) is 0 Å². The Bertz CT molecular complexity index is 494. The molecule has 0 aliphatic rings. The van der Waals surface area contributed by atoms with Crippen LogP contribution in [-0.4, -0.2) is 5.21 Å². The van der Waals surface area contributed by atoms with Crippen molar-refractivity contribution in [3.63, 3.8) is 0 Å². The van der Waals surface area contributed by atoms with Crippen LogP contribution >= 0.6 is 0 Å². The first-order valence-corrected chi connectivity index (χ1v) is 5.74. The van der Waals surface area contributed by atoms with Gasteiger partial charge in [-0.1, -0.05) is 54.1 Å². The van der Waals surface area contributed by atoms with Crippen LogP contribution in [0.3, 0.4) is 0 Å². The summed E-state index contributed by atoms with van der Waals surface area (Å²) >= 11 is 0. The van der Waals surface area contributed by atoms with Crippen LogP contribution in [0.1, 0.15) is 28.3 Å². The third kappa shape index (κ3) is 2.54. The molecular weight excluding hydrogens is 210 g/mol. The fraction of sp³-hybridized carbons (Fsp3) is 0.200. The molecule has 2 N–H and O–H groups in total. The predicted octanol–water partition coefficient (Wildman–Crippen LogP) is 3.37. The highest BCUT2D eigenvalue weighted by molar-refractivity contribution is 5.38. The van der Waals surface area contributed by atoms with Gasteiger partial charge in [0, 0.05) is 0 Å². The minimum absolute atomic E-state index is 0.170. The molecule has 2 nitrogen and oxygen atoms in total. The summed E-state index contributed by atoms with van der Waals surface area (Å²) in [5.41, 5.74) is 6.97. The molecule has 0 amide bonds. The first-order chi connectivity index (χ1) is 8.22. The Balaban J connectivity index is 2.42. The molecule has 17 heavy (non-hydrogen) atoms. The largest absolute Gasteiger partial charge is 0.316 e. The fourth-order valence-corrected chi connectivity index (χ4v) is 2.12. The first kappa shape index (κ1) is 11.8. The average Bonchev–Trinajstić information content (AvgIpc) is 2.34. The second-order valence-electron chi connectivity index (χ2n) is 4.33. The number of hydrogen-bond acceptors (Lipinski definition) is 2. The standard InChI is InChI=1S/C15H17NO/c1-11-8-9-14(12(2)10-11)15(16-17)13-6-4-3-5-7-13/h3-10,15-17H,1-2H3. The summed E-state index contributed by atoms with van der Waals surface area (Å²) in [6.45, 7) is 4.14. The maximum atomic E-state index is 9.38.